The Morgan fingerprint density at radius 1 is 1.39 bits per heavy atom. The number of tetrazole rings is 1. The van der Waals surface area contributed by atoms with Gasteiger partial charge in [0, 0.05) is 23.5 Å². The van der Waals surface area contributed by atoms with Crippen molar-refractivity contribution in [1.29, 1.82) is 0 Å². The molecule has 1 unspecified atom stereocenters. The van der Waals surface area contributed by atoms with Gasteiger partial charge in [-0.25, -0.2) is 4.68 Å². The van der Waals surface area contributed by atoms with Gasteiger partial charge < -0.3 is 10.0 Å². The smallest absolute Gasteiger partial charge is 0.245 e. The second kappa shape index (κ2) is 5.76. The molecular weight excluding hydrogens is 314 g/mol. The van der Waals surface area contributed by atoms with Crippen LogP contribution >= 0.6 is 11.6 Å². The molecule has 23 heavy (non-hydrogen) atoms. The lowest BCUT2D eigenvalue weighted by Gasteiger charge is -2.27. The third-order valence-corrected chi connectivity index (χ3v) is 4.63. The minimum absolute atomic E-state index is 0.169. The van der Waals surface area contributed by atoms with Crippen molar-refractivity contribution in [1.82, 2.24) is 20.2 Å². The van der Waals surface area contributed by atoms with Crippen molar-refractivity contribution in [3.8, 4) is 0 Å². The van der Waals surface area contributed by atoms with E-state index in [1.807, 2.05) is 34.7 Å². The van der Waals surface area contributed by atoms with Crippen LogP contribution in [0, 0.1) is 0 Å². The highest BCUT2D eigenvalue weighted by molar-refractivity contribution is 6.30. The van der Waals surface area contributed by atoms with Crippen LogP contribution in [0.5, 0.6) is 0 Å². The number of benzene rings is 1. The fraction of sp³-hybridized carbons (Fsp3) is 0.562. The molecule has 0 aliphatic carbocycles. The number of aromatic nitrogens is 4. The van der Waals surface area contributed by atoms with Gasteiger partial charge in [0.25, 0.3) is 0 Å². The maximum absolute atomic E-state index is 10.2. The van der Waals surface area contributed by atoms with Crippen LogP contribution in [-0.2, 0) is 12.0 Å². The quantitative estimate of drug-likeness (QED) is 0.928. The van der Waals surface area contributed by atoms with Gasteiger partial charge in [0.15, 0.2) is 0 Å². The Bertz CT molecular complexity index is 697. The number of halogens is 1. The van der Waals surface area contributed by atoms with Crippen LogP contribution < -0.4 is 4.90 Å². The zero-order valence-electron chi connectivity index (χ0n) is 13.7. The summed E-state index contributed by atoms with van der Waals surface area (Å²) in [6, 6.07) is 7.87. The highest BCUT2D eigenvalue weighted by Crippen LogP contribution is 2.30. The second-order valence-corrected chi connectivity index (χ2v) is 7.64. The van der Waals surface area contributed by atoms with Crippen molar-refractivity contribution in [2.75, 3.05) is 18.0 Å². The van der Waals surface area contributed by atoms with Gasteiger partial charge in [-0.05, 0) is 41.5 Å². The summed E-state index contributed by atoms with van der Waals surface area (Å²) in [5.41, 5.74) is 0.288. The molecule has 1 saturated heterocycles. The molecule has 2 aromatic rings. The van der Waals surface area contributed by atoms with Gasteiger partial charge in [-0.1, -0.05) is 42.7 Å². The van der Waals surface area contributed by atoms with Crippen molar-refractivity contribution in [2.45, 2.75) is 44.8 Å². The maximum Gasteiger partial charge on any atom is 0.245 e. The van der Waals surface area contributed by atoms with E-state index in [2.05, 4.69) is 35.4 Å². The van der Waals surface area contributed by atoms with Crippen LogP contribution in [0.4, 0.5) is 5.95 Å². The Morgan fingerprint density at radius 2 is 2.17 bits per heavy atom. The predicted molar refractivity (Wildman–Crippen MR) is 89.7 cm³/mol. The lowest BCUT2D eigenvalue weighted by atomic mass is 9.85. The molecule has 0 spiro atoms. The van der Waals surface area contributed by atoms with Crippen LogP contribution in [0.25, 0.3) is 0 Å². The summed E-state index contributed by atoms with van der Waals surface area (Å²) in [5.74, 6) is 0.706. The molecule has 1 aromatic heterocycles. The van der Waals surface area contributed by atoms with E-state index >= 15 is 0 Å². The summed E-state index contributed by atoms with van der Waals surface area (Å²) in [5, 5.41) is 23.0. The fourth-order valence-electron chi connectivity index (χ4n) is 3.02. The average molecular weight is 336 g/mol. The lowest BCUT2D eigenvalue weighted by molar-refractivity contribution is 0.0838. The van der Waals surface area contributed by atoms with E-state index in [9.17, 15) is 5.11 Å². The van der Waals surface area contributed by atoms with E-state index in [0.717, 1.165) is 23.6 Å². The minimum Gasteiger partial charge on any atom is -0.388 e. The third kappa shape index (κ3) is 3.48. The lowest BCUT2D eigenvalue weighted by Crippen LogP contribution is -2.33. The van der Waals surface area contributed by atoms with Crippen LogP contribution in [0.3, 0.4) is 0 Å². The van der Waals surface area contributed by atoms with E-state index in [-0.39, 0.29) is 5.41 Å². The van der Waals surface area contributed by atoms with Crippen molar-refractivity contribution in [2.24, 2.45) is 0 Å². The summed E-state index contributed by atoms with van der Waals surface area (Å²) in [6.07, 6.45) is 0.720. The highest BCUT2D eigenvalue weighted by Gasteiger charge is 2.34. The normalized spacial score (nSPS) is 21.9. The summed E-state index contributed by atoms with van der Waals surface area (Å²) < 4.78 is 1.81. The first-order valence-corrected chi connectivity index (χ1v) is 8.14. The van der Waals surface area contributed by atoms with E-state index in [0.29, 0.717) is 19.0 Å². The number of anilines is 1. The van der Waals surface area contributed by atoms with E-state index in [1.54, 1.807) is 0 Å². The number of hydrogen-bond acceptors (Lipinski definition) is 5. The van der Waals surface area contributed by atoms with Crippen LogP contribution in [-0.4, -0.2) is 44.0 Å². The molecule has 0 radical (unpaired) electrons. The Hall–Kier alpha value is -1.66. The van der Waals surface area contributed by atoms with Crippen molar-refractivity contribution < 1.29 is 5.11 Å². The molecule has 1 aliphatic rings. The van der Waals surface area contributed by atoms with Crippen LogP contribution in [0.15, 0.2) is 24.3 Å². The molecule has 1 aromatic carbocycles. The number of aliphatic hydroxyl groups is 1. The van der Waals surface area contributed by atoms with Crippen LogP contribution in [0.1, 0.15) is 32.8 Å². The largest absolute Gasteiger partial charge is 0.388 e. The Morgan fingerprint density at radius 3 is 2.83 bits per heavy atom. The number of nitrogens with zero attached hydrogens (tertiary/aromatic N) is 5. The van der Waals surface area contributed by atoms with Gasteiger partial charge in [0.1, 0.15) is 0 Å². The Kier molecular flexibility index (Phi) is 4.06. The first-order chi connectivity index (χ1) is 10.8. The van der Waals surface area contributed by atoms with Gasteiger partial charge in [-0.3, -0.25) is 0 Å². The fourth-order valence-corrected chi connectivity index (χ4v) is 3.21. The SMILES string of the molecule is CC1(O)CCN(c2nnnn2CC(C)(C)c2cccc(Cl)c2)C1. The molecule has 1 aliphatic heterocycles. The monoisotopic (exact) mass is 335 g/mol. The van der Waals surface area contributed by atoms with E-state index < -0.39 is 5.60 Å². The van der Waals surface area contributed by atoms with Crippen LogP contribution in [0.2, 0.25) is 5.02 Å². The molecule has 1 N–H and O–H groups in total. The zero-order valence-corrected chi connectivity index (χ0v) is 14.5. The molecule has 7 heteroatoms. The number of rotatable bonds is 4. The van der Waals surface area contributed by atoms with Gasteiger partial charge in [0.2, 0.25) is 5.95 Å². The van der Waals surface area contributed by atoms with Crippen molar-refractivity contribution in [3.05, 3.63) is 34.9 Å². The zero-order chi connectivity index (χ0) is 16.7. The molecule has 124 valence electrons. The van der Waals surface area contributed by atoms with Gasteiger partial charge in [0.05, 0.1) is 12.1 Å². The highest BCUT2D eigenvalue weighted by atomic mass is 35.5. The van der Waals surface area contributed by atoms with Crippen molar-refractivity contribution >= 4 is 17.5 Å². The number of hydrogen-bond donors (Lipinski definition) is 1. The maximum atomic E-state index is 10.2. The summed E-state index contributed by atoms with van der Waals surface area (Å²) in [7, 11) is 0. The minimum atomic E-state index is -0.681. The number of β-amino-alcohol motifs (C(OH)–C–C–N with tert-alkyl or cyclic N) is 1. The molecule has 0 amide bonds. The molecule has 1 fully saturated rings. The first-order valence-electron chi connectivity index (χ1n) is 7.76. The van der Waals surface area contributed by atoms with Gasteiger partial charge >= 0.3 is 0 Å². The summed E-state index contributed by atoms with van der Waals surface area (Å²) in [6.45, 7) is 8.07. The topological polar surface area (TPSA) is 67.1 Å². The molecule has 0 bridgehead atoms. The molecular formula is C16H22ClN5O. The third-order valence-electron chi connectivity index (χ3n) is 4.40. The Labute approximate surface area is 141 Å². The second-order valence-electron chi connectivity index (χ2n) is 7.20. The van der Waals surface area contributed by atoms with Crippen molar-refractivity contribution in [3.63, 3.8) is 0 Å². The molecule has 0 saturated carbocycles. The summed E-state index contributed by atoms with van der Waals surface area (Å²) in [4.78, 5) is 2.04. The van der Waals surface area contributed by atoms with Gasteiger partial charge in [-0.15, -0.1) is 0 Å². The average Bonchev–Trinajstić information content (AvgIpc) is 3.04. The van der Waals surface area contributed by atoms with Gasteiger partial charge in [-0.2, -0.15) is 0 Å². The molecule has 3 rings (SSSR count). The molecule has 2 heterocycles. The van der Waals surface area contributed by atoms with E-state index in [4.69, 9.17) is 11.6 Å². The molecule has 1 atom stereocenters. The predicted octanol–water partition coefficient (Wildman–Crippen LogP) is 2.27. The summed E-state index contributed by atoms with van der Waals surface area (Å²) >= 11 is 6.12. The Balaban J connectivity index is 1.82. The molecule has 6 nitrogen and oxygen atoms in total. The van der Waals surface area contributed by atoms with E-state index in [1.165, 1.54) is 0 Å². The standard InChI is InChI=1S/C16H22ClN5O/c1-15(2,12-5-4-6-13(17)9-12)10-22-14(18-19-20-22)21-8-7-16(3,23)11-21/h4-6,9,23H,7-8,10-11H2,1-3H3. The first kappa shape index (κ1) is 16.2.